The van der Waals surface area contributed by atoms with Crippen LogP contribution in [0.1, 0.15) is 32.8 Å². The predicted molar refractivity (Wildman–Crippen MR) is 74.7 cm³/mol. The molecular weight excluding hydrogens is 300 g/mol. The maximum absolute atomic E-state index is 13.9. The van der Waals surface area contributed by atoms with Crippen molar-refractivity contribution in [3.63, 3.8) is 0 Å². The van der Waals surface area contributed by atoms with Gasteiger partial charge in [-0.2, -0.15) is 0 Å². The molecule has 0 saturated heterocycles. The summed E-state index contributed by atoms with van der Waals surface area (Å²) in [5, 5.41) is 3.29. The molecule has 0 spiro atoms. The van der Waals surface area contributed by atoms with Gasteiger partial charge in [-0.25, -0.2) is 8.78 Å². The van der Waals surface area contributed by atoms with E-state index in [1.165, 1.54) is 12.1 Å². The molecule has 1 rings (SSSR count). The molecule has 1 N–H and O–H groups in total. The third kappa shape index (κ3) is 4.32. The fourth-order valence-corrected chi connectivity index (χ4v) is 2.25. The van der Waals surface area contributed by atoms with E-state index >= 15 is 0 Å². The van der Waals surface area contributed by atoms with Crippen molar-refractivity contribution in [2.45, 2.75) is 33.6 Å². The van der Waals surface area contributed by atoms with Crippen LogP contribution in [-0.4, -0.2) is 13.1 Å². The Hall–Kier alpha value is -0.480. The molecule has 0 fully saturated rings. The van der Waals surface area contributed by atoms with E-state index in [-0.39, 0.29) is 11.0 Å². The van der Waals surface area contributed by atoms with Gasteiger partial charge in [0.15, 0.2) is 0 Å². The highest BCUT2D eigenvalue weighted by Gasteiger charge is 2.23. The van der Waals surface area contributed by atoms with E-state index in [0.29, 0.717) is 10.9 Å². The van der Waals surface area contributed by atoms with Crippen LogP contribution in [0.25, 0.3) is 0 Å². The van der Waals surface area contributed by atoms with Crippen molar-refractivity contribution in [3.05, 3.63) is 33.8 Å². The molecule has 1 aromatic rings. The highest BCUT2D eigenvalue weighted by atomic mass is 79.9. The van der Waals surface area contributed by atoms with Gasteiger partial charge in [0.2, 0.25) is 0 Å². The van der Waals surface area contributed by atoms with E-state index in [1.807, 2.05) is 13.8 Å². The highest BCUT2D eigenvalue weighted by Crippen LogP contribution is 2.28. The third-order valence-corrected chi connectivity index (χ3v) is 3.44. The van der Waals surface area contributed by atoms with Gasteiger partial charge in [0.1, 0.15) is 11.6 Å². The lowest BCUT2D eigenvalue weighted by Gasteiger charge is -2.25. The summed E-state index contributed by atoms with van der Waals surface area (Å²) in [6.07, 6.45) is 1.43. The molecule has 18 heavy (non-hydrogen) atoms. The molecule has 1 aromatic carbocycles. The maximum atomic E-state index is 13.9. The minimum absolute atomic E-state index is 0.160. The van der Waals surface area contributed by atoms with Crippen molar-refractivity contribution in [2.24, 2.45) is 5.41 Å². The van der Waals surface area contributed by atoms with Crippen LogP contribution in [0.15, 0.2) is 16.6 Å². The Kier molecular flexibility index (Phi) is 5.73. The lowest BCUT2D eigenvalue weighted by Crippen LogP contribution is -2.32. The van der Waals surface area contributed by atoms with Gasteiger partial charge < -0.3 is 5.32 Å². The van der Waals surface area contributed by atoms with Gasteiger partial charge in [-0.1, -0.05) is 20.8 Å². The van der Waals surface area contributed by atoms with Crippen molar-refractivity contribution in [2.75, 3.05) is 13.1 Å². The lowest BCUT2D eigenvalue weighted by atomic mass is 9.85. The summed E-state index contributed by atoms with van der Waals surface area (Å²) in [6, 6.07) is 2.70. The number of hydrogen-bond donors (Lipinski definition) is 1. The molecule has 1 nitrogen and oxygen atoms in total. The maximum Gasteiger partial charge on any atom is 0.143 e. The van der Waals surface area contributed by atoms with Gasteiger partial charge >= 0.3 is 0 Å². The Morgan fingerprint density at radius 1 is 1.28 bits per heavy atom. The first-order valence-electron chi connectivity index (χ1n) is 6.20. The van der Waals surface area contributed by atoms with Gasteiger partial charge in [0.05, 0.1) is 4.47 Å². The fourth-order valence-electron chi connectivity index (χ4n) is 1.88. The van der Waals surface area contributed by atoms with Crippen LogP contribution in [0, 0.1) is 17.0 Å². The van der Waals surface area contributed by atoms with Gasteiger partial charge in [-0.15, -0.1) is 0 Å². The molecule has 0 amide bonds. The zero-order valence-corrected chi connectivity index (χ0v) is 12.7. The number of benzene rings is 1. The molecule has 0 radical (unpaired) electrons. The summed E-state index contributed by atoms with van der Waals surface area (Å²) in [5.74, 6) is -0.960. The summed E-state index contributed by atoms with van der Waals surface area (Å²) in [6.45, 7) is 7.78. The Morgan fingerprint density at radius 2 is 1.94 bits per heavy atom. The first kappa shape index (κ1) is 15.6. The van der Waals surface area contributed by atoms with Gasteiger partial charge in [0.25, 0.3) is 0 Å². The van der Waals surface area contributed by atoms with E-state index in [0.717, 1.165) is 19.5 Å². The topological polar surface area (TPSA) is 12.0 Å². The second kappa shape index (κ2) is 6.62. The summed E-state index contributed by atoms with van der Waals surface area (Å²) in [4.78, 5) is 0. The zero-order chi connectivity index (χ0) is 13.8. The fraction of sp³-hybridized carbons (Fsp3) is 0.571. The van der Waals surface area contributed by atoms with E-state index in [2.05, 4.69) is 28.2 Å². The molecule has 0 aliphatic carbocycles. The molecule has 4 heteroatoms. The van der Waals surface area contributed by atoms with Crippen LogP contribution in [0.5, 0.6) is 0 Å². The molecule has 0 saturated carbocycles. The Bertz CT molecular complexity index is 405. The molecule has 0 unspecified atom stereocenters. The van der Waals surface area contributed by atoms with Crippen molar-refractivity contribution in [1.82, 2.24) is 5.32 Å². The smallest absolute Gasteiger partial charge is 0.143 e. The van der Waals surface area contributed by atoms with E-state index in [4.69, 9.17) is 0 Å². The zero-order valence-electron chi connectivity index (χ0n) is 11.1. The quantitative estimate of drug-likeness (QED) is 0.609. The van der Waals surface area contributed by atoms with Gasteiger partial charge in [-0.05, 0) is 52.9 Å². The standard InChI is InChI=1S/C14H20BrF2N/c1-4-7-18-9-14(2,3)8-10-12(16)6-5-11(15)13(10)17/h5-6,18H,4,7-9H2,1-3H3. The molecule has 102 valence electrons. The Labute approximate surface area is 116 Å². The van der Waals surface area contributed by atoms with Crippen LogP contribution in [0.3, 0.4) is 0 Å². The Balaban J connectivity index is 2.80. The summed E-state index contributed by atoms with van der Waals surface area (Å²) in [5.41, 5.74) is -0.0230. The minimum atomic E-state index is -0.487. The number of rotatable bonds is 6. The van der Waals surface area contributed by atoms with E-state index in [9.17, 15) is 8.78 Å². The summed E-state index contributed by atoms with van der Waals surface area (Å²) < 4.78 is 27.9. The number of nitrogens with one attached hydrogen (secondary N) is 1. The minimum Gasteiger partial charge on any atom is -0.316 e. The molecule has 0 aromatic heterocycles. The molecule has 0 heterocycles. The average molecular weight is 320 g/mol. The second-order valence-corrected chi connectivity index (χ2v) is 6.19. The molecule has 0 bridgehead atoms. The van der Waals surface area contributed by atoms with Gasteiger partial charge in [0, 0.05) is 12.1 Å². The van der Waals surface area contributed by atoms with Crippen molar-refractivity contribution in [1.29, 1.82) is 0 Å². The molecule has 0 aliphatic rings. The largest absolute Gasteiger partial charge is 0.316 e. The summed E-state index contributed by atoms with van der Waals surface area (Å²) >= 11 is 3.09. The summed E-state index contributed by atoms with van der Waals surface area (Å²) in [7, 11) is 0. The normalized spacial score (nSPS) is 11.9. The van der Waals surface area contributed by atoms with Gasteiger partial charge in [-0.3, -0.25) is 0 Å². The highest BCUT2D eigenvalue weighted by molar-refractivity contribution is 9.10. The van der Waals surface area contributed by atoms with Crippen LogP contribution in [0.4, 0.5) is 8.78 Å². The first-order valence-corrected chi connectivity index (χ1v) is 7.00. The lowest BCUT2D eigenvalue weighted by molar-refractivity contribution is 0.328. The predicted octanol–water partition coefficient (Wildman–Crippen LogP) is 4.30. The van der Waals surface area contributed by atoms with Crippen LogP contribution >= 0.6 is 15.9 Å². The first-order chi connectivity index (χ1) is 8.37. The molecular formula is C14H20BrF2N. The second-order valence-electron chi connectivity index (χ2n) is 5.34. The molecule has 0 atom stereocenters. The van der Waals surface area contributed by atoms with Crippen molar-refractivity contribution < 1.29 is 8.78 Å². The number of hydrogen-bond acceptors (Lipinski definition) is 1. The SMILES string of the molecule is CCCNCC(C)(C)Cc1c(F)ccc(Br)c1F. The molecule has 0 aliphatic heterocycles. The van der Waals surface area contributed by atoms with E-state index < -0.39 is 11.6 Å². The van der Waals surface area contributed by atoms with Crippen LogP contribution in [-0.2, 0) is 6.42 Å². The van der Waals surface area contributed by atoms with Crippen molar-refractivity contribution in [3.8, 4) is 0 Å². The van der Waals surface area contributed by atoms with E-state index in [1.54, 1.807) is 0 Å². The van der Waals surface area contributed by atoms with Crippen molar-refractivity contribution >= 4 is 15.9 Å². The number of halogens is 3. The third-order valence-electron chi connectivity index (χ3n) is 2.82. The average Bonchev–Trinajstić information content (AvgIpc) is 2.30. The monoisotopic (exact) mass is 319 g/mol. The van der Waals surface area contributed by atoms with Crippen LogP contribution in [0.2, 0.25) is 0 Å². The Morgan fingerprint density at radius 3 is 2.56 bits per heavy atom. The van der Waals surface area contributed by atoms with Crippen LogP contribution < -0.4 is 5.32 Å².